The molecule has 0 bridgehead atoms. The van der Waals surface area contributed by atoms with Crippen LogP contribution in [0.4, 0.5) is 0 Å². The third-order valence-electron chi connectivity index (χ3n) is 5.80. The first-order chi connectivity index (χ1) is 16.0. The molecule has 0 saturated carbocycles. The van der Waals surface area contributed by atoms with Gasteiger partial charge in [0.1, 0.15) is 18.4 Å². The summed E-state index contributed by atoms with van der Waals surface area (Å²) in [6.45, 7) is 4.17. The second-order valence-corrected chi connectivity index (χ2v) is 8.03. The maximum atomic E-state index is 12.8. The quantitative estimate of drug-likeness (QED) is 0.543. The van der Waals surface area contributed by atoms with Crippen LogP contribution in [0.2, 0.25) is 0 Å². The predicted molar refractivity (Wildman–Crippen MR) is 123 cm³/mol. The van der Waals surface area contributed by atoms with E-state index in [1.54, 1.807) is 18.1 Å². The van der Waals surface area contributed by atoms with Crippen molar-refractivity contribution in [2.75, 3.05) is 20.2 Å². The van der Waals surface area contributed by atoms with Crippen LogP contribution in [0.25, 0.3) is 5.69 Å². The monoisotopic (exact) mass is 448 g/mol. The number of ether oxygens (including phenoxy) is 1. The van der Waals surface area contributed by atoms with Crippen LogP contribution in [-0.2, 0) is 22.7 Å². The zero-order valence-corrected chi connectivity index (χ0v) is 18.8. The van der Waals surface area contributed by atoms with Crippen LogP contribution in [0.15, 0.2) is 55.1 Å². The fourth-order valence-corrected chi connectivity index (χ4v) is 4.10. The maximum Gasteiger partial charge on any atom is 0.237 e. The van der Waals surface area contributed by atoms with E-state index < -0.39 is 6.04 Å². The first-order valence-corrected chi connectivity index (χ1v) is 10.9. The molecule has 9 nitrogen and oxygen atoms in total. The lowest BCUT2D eigenvalue weighted by Crippen LogP contribution is -2.56. The van der Waals surface area contributed by atoms with Crippen molar-refractivity contribution in [1.82, 2.24) is 30.3 Å². The summed E-state index contributed by atoms with van der Waals surface area (Å²) in [5.74, 6) is 0.531. The lowest BCUT2D eigenvalue weighted by atomic mass is 10.0. The Morgan fingerprint density at radius 1 is 1.27 bits per heavy atom. The minimum atomic E-state index is -0.522. The van der Waals surface area contributed by atoms with Gasteiger partial charge in [0, 0.05) is 26.2 Å². The van der Waals surface area contributed by atoms with Gasteiger partial charge in [0.25, 0.3) is 0 Å². The largest absolute Gasteiger partial charge is 0.496 e. The molecule has 4 rings (SSSR count). The highest BCUT2D eigenvalue weighted by Gasteiger charge is 2.31. The van der Waals surface area contributed by atoms with Gasteiger partial charge in [-0.2, -0.15) is 5.10 Å². The van der Waals surface area contributed by atoms with Gasteiger partial charge in [-0.05, 0) is 35.7 Å². The summed E-state index contributed by atoms with van der Waals surface area (Å²) in [7, 11) is 1.65. The van der Waals surface area contributed by atoms with Crippen molar-refractivity contribution in [3.63, 3.8) is 0 Å². The fourth-order valence-electron chi connectivity index (χ4n) is 4.10. The number of piperazine rings is 1. The molecule has 172 valence electrons. The van der Waals surface area contributed by atoms with E-state index in [0.717, 1.165) is 28.1 Å². The van der Waals surface area contributed by atoms with Crippen LogP contribution < -0.4 is 15.4 Å². The zero-order valence-electron chi connectivity index (χ0n) is 18.8. The number of amides is 2. The number of hydrogen-bond acceptors (Lipinski definition) is 6. The fraction of sp³-hybridized carbons (Fsp3) is 0.333. The van der Waals surface area contributed by atoms with Gasteiger partial charge in [0.05, 0.1) is 25.3 Å². The molecule has 2 heterocycles. The average molecular weight is 449 g/mol. The number of hydrogen-bond donors (Lipinski definition) is 2. The standard InChI is InChI=1S/C24H28N6O3/c1-17-11-18(7-8-22(17)33-2)14-29-10-9-26-24(32)21(29)12-23(31)27-13-19-5-3-4-6-20(19)30-16-25-15-28-30/h3-8,11,15-16,21H,9-10,12-14H2,1-2H3,(H,26,32)(H,27,31). The number of para-hydroxylation sites is 1. The number of carbonyl (C=O) groups is 2. The van der Waals surface area contributed by atoms with Gasteiger partial charge in [-0.3, -0.25) is 14.5 Å². The van der Waals surface area contributed by atoms with Gasteiger partial charge >= 0.3 is 0 Å². The van der Waals surface area contributed by atoms with E-state index in [1.165, 1.54) is 6.33 Å². The summed E-state index contributed by atoms with van der Waals surface area (Å²) in [5.41, 5.74) is 3.88. The van der Waals surface area contributed by atoms with Crippen molar-refractivity contribution >= 4 is 11.8 Å². The summed E-state index contributed by atoms with van der Waals surface area (Å²) in [5, 5.41) is 10.0. The number of rotatable bonds is 8. The Morgan fingerprint density at radius 2 is 2.12 bits per heavy atom. The van der Waals surface area contributed by atoms with Gasteiger partial charge in [0.2, 0.25) is 11.8 Å². The van der Waals surface area contributed by atoms with E-state index >= 15 is 0 Å². The van der Waals surface area contributed by atoms with Crippen LogP contribution >= 0.6 is 0 Å². The minimum Gasteiger partial charge on any atom is -0.496 e. The Balaban J connectivity index is 1.40. The molecule has 1 atom stereocenters. The summed E-state index contributed by atoms with van der Waals surface area (Å²) < 4.78 is 7.00. The van der Waals surface area contributed by atoms with Gasteiger partial charge in [-0.1, -0.05) is 30.3 Å². The van der Waals surface area contributed by atoms with E-state index in [4.69, 9.17) is 4.74 Å². The molecule has 33 heavy (non-hydrogen) atoms. The van der Waals surface area contributed by atoms with Crippen molar-refractivity contribution in [1.29, 1.82) is 0 Å². The van der Waals surface area contributed by atoms with Gasteiger partial charge < -0.3 is 15.4 Å². The van der Waals surface area contributed by atoms with Crippen LogP contribution in [0, 0.1) is 6.92 Å². The number of benzene rings is 2. The number of nitrogens with one attached hydrogen (secondary N) is 2. The molecule has 1 aliphatic heterocycles. The van der Waals surface area contributed by atoms with Crippen molar-refractivity contribution in [2.45, 2.75) is 32.5 Å². The summed E-state index contributed by atoms with van der Waals surface area (Å²) in [6, 6.07) is 13.1. The molecule has 1 saturated heterocycles. The highest BCUT2D eigenvalue weighted by Crippen LogP contribution is 2.21. The third-order valence-corrected chi connectivity index (χ3v) is 5.80. The lowest BCUT2D eigenvalue weighted by Gasteiger charge is -2.34. The van der Waals surface area contributed by atoms with Crippen LogP contribution in [0.3, 0.4) is 0 Å². The molecule has 2 amide bonds. The lowest BCUT2D eigenvalue weighted by molar-refractivity contribution is -0.134. The first kappa shape index (κ1) is 22.5. The number of methoxy groups -OCH3 is 1. The number of nitrogens with zero attached hydrogens (tertiary/aromatic N) is 4. The van der Waals surface area contributed by atoms with Crippen LogP contribution in [-0.4, -0.2) is 57.7 Å². The molecule has 0 spiro atoms. The molecule has 9 heteroatoms. The molecular weight excluding hydrogens is 420 g/mol. The van der Waals surface area contributed by atoms with Crippen molar-refractivity contribution in [3.05, 3.63) is 71.8 Å². The van der Waals surface area contributed by atoms with Crippen molar-refractivity contribution < 1.29 is 14.3 Å². The third kappa shape index (κ3) is 5.38. The maximum absolute atomic E-state index is 12.8. The topological polar surface area (TPSA) is 101 Å². The first-order valence-electron chi connectivity index (χ1n) is 10.9. The van der Waals surface area contributed by atoms with E-state index in [9.17, 15) is 9.59 Å². The number of aromatic nitrogens is 3. The molecule has 0 aliphatic carbocycles. The number of aryl methyl sites for hydroxylation is 1. The van der Waals surface area contributed by atoms with Crippen molar-refractivity contribution in [3.8, 4) is 11.4 Å². The molecule has 1 fully saturated rings. The molecule has 3 aromatic rings. The summed E-state index contributed by atoms with van der Waals surface area (Å²) in [6.07, 6.45) is 3.17. The zero-order chi connectivity index (χ0) is 23.2. The normalized spacial score (nSPS) is 16.3. The molecular formula is C24H28N6O3. The summed E-state index contributed by atoms with van der Waals surface area (Å²) in [4.78, 5) is 31.4. The second-order valence-electron chi connectivity index (χ2n) is 8.03. The molecule has 0 radical (unpaired) electrons. The van der Waals surface area contributed by atoms with Crippen LogP contribution in [0.1, 0.15) is 23.1 Å². The Morgan fingerprint density at radius 3 is 2.88 bits per heavy atom. The van der Waals surface area contributed by atoms with Crippen molar-refractivity contribution in [2.24, 2.45) is 0 Å². The van der Waals surface area contributed by atoms with E-state index in [-0.39, 0.29) is 18.2 Å². The number of carbonyl (C=O) groups excluding carboxylic acids is 2. The highest BCUT2D eigenvalue weighted by molar-refractivity contribution is 5.88. The smallest absolute Gasteiger partial charge is 0.237 e. The SMILES string of the molecule is COc1ccc(CN2CCNC(=O)C2CC(=O)NCc2ccccc2-n2cncn2)cc1C. The van der Waals surface area contributed by atoms with Gasteiger partial charge in [-0.25, -0.2) is 9.67 Å². The minimum absolute atomic E-state index is 0.0897. The Labute approximate surface area is 192 Å². The average Bonchev–Trinajstić information content (AvgIpc) is 3.35. The Kier molecular flexibility index (Phi) is 6.99. The van der Waals surface area contributed by atoms with E-state index in [1.807, 2.05) is 43.3 Å². The van der Waals surface area contributed by atoms with Crippen LogP contribution in [0.5, 0.6) is 5.75 Å². The van der Waals surface area contributed by atoms with Gasteiger partial charge in [0.15, 0.2) is 0 Å². The Bertz CT molecular complexity index is 1120. The van der Waals surface area contributed by atoms with E-state index in [0.29, 0.717) is 26.2 Å². The predicted octanol–water partition coefficient (Wildman–Crippen LogP) is 1.59. The highest BCUT2D eigenvalue weighted by atomic mass is 16.5. The summed E-state index contributed by atoms with van der Waals surface area (Å²) >= 11 is 0. The van der Waals surface area contributed by atoms with Gasteiger partial charge in [-0.15, -0.1) is 0 Å². The molecule has 2 N–H and O–H groups in total. The molecule has 2 aromatic carbocycles. The second kappa shape index (κ2) is 10.3. The molecule has 1 unspecified atom stereocenters. The van der Waals surface area contributed by atoms with E-state index in [2.05, 4.69) is 31.7 Å². The molecule has 1 aliphatic rings. The Hall–Kier alpha value is -3.72. The molecule has 1 aromatic heterocycles.